The van der Waals surface area contributed by atoms with Crippen molar-refractivity contribution >= 4 is 33.1 Å². The van der Waals surface area contributed by atoms with E-state index in [0.717, 1.165) is 23.1 Å². The first kappa shape index (κ1) is 18.0. The van der Waals surface area contributed by atoms with Crippen molar-refractivity contribution in [3.05, 3.63) is 52.5 Å². The van der Waals surface area contributed by atoms with Gasteiger partial charge in [0, 0.05) is 16.8 Å². The number of carbonyl (C=O) groups excluding carboxylic acids is 1. The number of carbonyl (C=O) groups is 1. The number of thiophene rings is 1. The van der Waals surface area contributed by atoms with Crippen LogP contribution in [-0.2, 0) is 12.8 Å². The van der Waals surface area contributed by atoms with Crippen molar-refractivity contribution in [3.63, 3.8) is 0 Å². The SMILES string of the molecule is CC(C)(C)C1CCc2nc3sc(C(=O)Nc4ccc(O)cc4)cc3cc2C1. The van der Waals surface area contributed by atoms with Crippen molar-refractivity contribution in [2.45, 2.75) is 40.0 Å². The van der Waals surface area contributed by atoms with Crippen molar-refractivity contribution in [2.75, 3.05) is 5.32 Å². The van der Waals surface area contributed by atoms with Gasteiger partial charge in [0.2, 0.25) is 0 Å². The van der Waals surface area contributed by atoms with Crippen molar-refractivity contribution in [1.82, 2.24) is 4.98 Å². The van der Waals surface area contributed by atoms with Gasteiger partial charge in [-0.2, -0.15) is 0 Å². The Morgan fingerprint density at radius 2 is 1.96 bits per heavy atom. The van der Waals surface area contributed by atoms with E-state index in [4.69, 9.17) is 4.98 Å². The maximum Gasteiger partial charge on any atom is 0.265 e. The van der Waals surface area contributed by atoms with E-state index in [0.29, 0.717) is 21.9 Å². The number of amides is 1. The minimum absolute atomic E-state index is 0.144. The molecule has 1 aliphatic carbocycles. The Morgan fingerprint density at radius 3 is 2.67 bits per heavy atom. The standard InChI is InChI=1S/C22H24N2O2S/c1-22(2,3)15-4-9-18-13(11-15)10-14-12-19(27-21(14)24-18)20(26)23-16-5-7-17(25)8-6-16/h5-8,10,12,15,25H,4,9,11H2,1-3H3,(H,23,26). The third kappa shape index (κ3) is 3.69. The summed E-state index contributed by atoms with van der Waals surface area (Å²) in [4.78, 5) is 19.0. The van der Waals surface area contributed by atoms with Crippen LogP contribution < -0.4 is 5.32 Å². The number of nitrogens with zero attached hydrogens (tertiary/aromatic N) is 1. The third-order valence-electron chi connectivity index (χ3n) is 5.45. The fraction of sp³-hybridized carbons (Fsp3) is 0.364. The molecule has 27 heavy (non-hydrogen) atoms. The summed E-state index contributed by atoms with van der Waals surface area (Å²) in [6.45, 7) is 6.93. The number of nitrogens with one attached hydrogen (secondary N) is 1. The molecule has 0 saturated carbocycles. The first-order valence-corrected chi connectivity index (χ1v) is 10.1. The van der Waals surface area contributed by atoms with Crippen molar-refractivity contribution in [1.29, 1.82) is 0 Å². The van der Waals surface area contributed by atoms with Gasteiger partial charge in [-0.1, -0.05) is 20.8 Å². The van der Waals surface area contributed by atoms with Crippen LogP contribution in [0, 0.1) is 11.3 Å². The lowest BCUT2D eigenvalue weighted by molar-refractivity contribution is 0.103. The second-order valence-corrected chi connectivity index (χ2v) is 9.44. The number of pyridine rings is 1. The molecule has 0 aliphatic heterocycles. The monoisotopic (exact) mass is 380 g/mol. The van der Waals surface area contributed by atoms with E-state index in [1.807, 2.05) is 6.07 Å². The molecule has 4 nitrogen and oxygen atoms in total. The van der Waals surface area contributed by atoms with Gasteiger partial charge in [-0.15, -0.1) is 11.3 Å². The van der Waals surface area contributed by atoms with Crippen LogP contribution in [0.1, 0.15) is 48.1 Å². The maximum absolute atomic E-state index is 12.6. The zero-order valence-corrected chi connectivity index (χ0v) is 16.7. The Kier molecular flexibility index (Phi) is 4.42. The van der Waals surface area contributed by atoms with Crippen molar-refractivity contribution < 1.29 is 9.90 Å². The van der Waals surface area contributed by atoms with E-state index in [9.17, 15) is 9.90 Å². The zero-order valence-electron chi connectivity index (χ0n) is 15.9. The number of phenols is 1. The van der Waals surface area contributed by atoms with E-state index in [1.54, 1.807) is 24.3 Å². The average molecular weight is 381 g/mol. The van der Waals surface area contributed by atoms with Crippen molar-refractivity contribution in [3.8, 4) is 5.75 Å². The third-order valence-corrected chi connectivity index (χ3v) is 6.49. The van der Waals surface area contributed by atoms with Gasteiger partial charge in [0.1, 0.15) is 10.6 Å². The number of fused-ring (bicyclic) bond motifs is 2. The molecular weight excluding hydrogens is 356 g/mol. The molecule has 3 aromatic rings. The number of phenolic OH excluding ortho intramolecular Hbond substituents is 1. The van der Waals surface area contributed by atoms with E-state index in [-0.39, 0.29) is 11.7 Å². The largest absolute Gasteiger partial charge is 0.508 e. The van der Waals surface area contributed by atoms with Gasteiger partial charge in [-0.3, -0.25) is 4.79 Å². The first-order valence-electron chi connectivity index (χ1n) is 9.32. The highest BCUT2D eigenvalue weighted by Gasteiger charge is 2.29. The minimum Gasteiger partial charge on any atom is -0.508 e. The molecule has 2 heterocycles. The molecular formula is C22H24N2O2S. The zero-order chi connectivity index (χ0) is 19.2. The Bertz CT molecular complexity index is 1000. The Labute approximate surface area is 163 Å². The van der Waals surface area contributed by atoms with Crippen LogP contribution in [0.4, 0.5) is 5.69 Å². The molecule has 1 unspecified atom stereocenters. The van der Waals surface area contributed by atoms with Crippen LogP contribution in [0.5, 0.6) is 5.75 Å². The van der Waals surface area contributed by atoms with E-state index in [1.165, 1.54) is 29.0 Å². The number of aromatic nitrogens is 1. The molecule has 0 radical (unpaired) electrons. The highest BCUT2D eigenvalue weighted by atomic mass is 32.1. The molecule has 5 heteroatoms. The topological polar surface area (TPSA) is 62.2 Å². The van der Waals surface area contributed by atoms with E-state index in [2.05, 4.69) is 32.2 Å². The van der Waals surface area contributed by atoms with Gasteiger partial charge in [0.15, 0.2) is 0 Å². The average Bonchev–Trinajstić information content (AvgIpc) is 3.03. The number of aryl methyl sites for hydroxylation is 1. The molecule has 2 N–H and O–H groups in total. The minimum atomic E-state index is -0.144. The predicted octanol–water partition coefficient (Wildman–Crippen LogP) is 5.41. The Morgan fingerprint density at radius 1 is 1.22 bits per heavy atom. The van der Waals surface area contributed by atoms with Crippen LogP contribution >= 0.6 is 11.3 Å². The molecule has 1 amide bonds. The first-order chi connectivity index (χ1) is 12.8. The summed E-state index contributed by atoms with van der Waals surface area (Å²) in [5.74, 6) is 0.701. The van der Waals surface area contributed by atoms with E-state index < -0.39 is 0 Å². The molecule has 0 bridgehead atoms. The predicted molar refractivity (Wildman–Crippen MR) is 111 cm³/mol. The lowest BCUT2D eigenvalue weighted by Crippen LogP contribution is -2.27. The molecule has 1 aromatic carbocycles. The maximum atomic E-state index is 12.6. The van der Waals surface area contributed by atoms with Gasteiger partial charge in [-0.05, 0) is 72.6 Å². The van der Waals surface area contributed by atoms with Crippen LogP contribution in [0.3, 0.4) is 0 Å². The fourth-order valence-corrected chi connectivity index (χ4v) is 4.64. The van der Waals surface area contributed by atoms with Gasteiger partial charge in [0.05, 0.1) is 4.88 Å². The molecule has 0 fully saturated rings. The summed E-state index contributed by atoms with van der Waals surface area (Å²) in [5.41, 5.74) is 3.49. The number of anilines is 1. The molecule has 2 aromatic heterocycles. The summed E-state index contributed by atoms with van der Waals surface area (Å²) in [6.07, 6.45) is 3.25. The van der Waals surface area contributed by atoms with Gasteiger partial charge in [0.25, 0.3) is 5.91 Å². The van der Waals surface area contributed by atoms with Gasteiger partial charge >= 0.3 is 0 Å². The lowest BCUT2D eigenvalue weighted by Gasteiger charge is -2.34. The highest BCUT2D eigenvalue weighted by Crippen LogP contribution is 2.38. The number of hydrogen-bond acceptors (Lipinski definition) is 4. The van der Waals surface area contributed by atoms with Crippen LogP contribution in [0.25, 0.3) is 10.2 Å². The number of hydrogen-bond donors (Lipinski definition) is 2. The van der Waals surface area contributed by atoms with Gasteiger partial charge in [-0.25, -0.2) is 4.98 Å². The Hall–Kier alpha value is -2.40. The molecule has 1 atom stereocenters. The van der Waals surface area contributed by atoms with E-state index >= 15 is 0 Å². The Balaban J connectivity index is 1.59. The summed E-state index contributed by atoms with van der Waals surface area (Å²) in [7, 11) is 0. The van der Waals surface area contributed by atoms with Gasteiger partial charge < -0.3 is 10.4 Å². The second kappa shape index (κ2) is 6.64. The second-order valence-electron chi connectivity index (χ2n) is 8.41. The number of benzene rings is 1. The number of aromatic hydroxyl groups is 1. The van der Waals surface area contributed by atoms with Crippen LogP contribution in [-0.4, -0.2) is 16.0 Å². The molecule has 1 aliphatic rings. The van der Waals surface area contributed by atoms with Crippen molar-refractivity contribution in [2.24, 2.45) is 11.3 Å². The highest BCUT2D eigenvalue weighted by molar-refractivity contribution is 7.20. The summed E-state index contributed by atoms with van der Waals surface area (Å²) in [5, 5.41) is 13.3. The molecule has 4 rings (SSSR count). The fourth-order valence-electron chi connectivity index (χ4n) is 3.71. The molecule has 0 spiro atoms. The van der Waals surface area contributed by atoms with Crippen LogP contribution in [0.15, 0.2) is 36.4 Å². The molecule has 0 saturated heterocycles. The molecule has 140 valence electrons. The number of rotatable bonds is 2. The smallest absolute Gasteiger partial charge is 0.265 e. The lowest BCUT2D eigenvalue weighted by atomic mass is 9.71. The quantitative estimate of drug-likeness (QED) is 0.585. The summed E-state index contributed by atoms with van der Waals surface area (Å²) < 4.78 is 0. The summed E-state index contributed by atoms with van der Waals surface area (Å²) in [6, 6.07) is 10.6. The normalized spacial score (nSPS) is 16.9. The van der Waals surface area contributed by atoms with Crippen LogP contribution in [0.2, 0.25) is 0 Å². The summed E-state index contributed by atoms with van der Waals surface area (Å²) >= 11 is 1.43.